The van der Waals surface area contributed by atoms with Crippen LogP contribution in [0.2, 0.25) is 5.02 Å². The van der Waals surface area contributed by atoms with Gasteiger partial charge in [-0.1, -0.05) is 45.7 Å². The highest BCUT2D eigenvalue weighted by Crippen LogP contribution is 2.30. The summed E-state index contributed by atoms with van der Waals surface area (Å²) in [5, 5.41) is 3.98. The predicted molar refractivity (Wildman–Crippen MR) is 92.1 cm³/mol. The molecule has 0 spiro atoms. The number of hydrogen-bond donors (Lipinski definition) is 1. The van der Waals surface area contributed by atoms with Crippen LogP contribution in [0.4, 0.5) is 0 Å². The largest absolute Gasteiger partial charge is 0.488 e. The zero-order valence-electron chi connectivity index (χ0n) is 12.4. The van der Waals surface area contributed by atoms with Gasteiger partial charge in [0.25, 0.3) is 0 Å². The van der Waals surface area contributed by atoms with Crippen molar-refractivity contribution in [3.63, 3.8) is 0 Å². The van der Waals surface area contributed by atoms with Crippen molar-refractivity contribution in [3.05, 3.63) is 62.6 Å². The van der Waals surface area contributed by atoms with E-state index in [9.17, 15) is 0 Å². The molecule has 0 bridgehead atoms. The van der Waals surface area contributed by atoms with Gasteiger partial charge in [0.15, 0.2) is 0 Å². The van der Waals surface area contributed by atoms with Gasteiger partial charge in [-0.2, -0.15) is 0 Å². The highest BCUT2D eigenvalue weighted by molar-refractivity contribution is 9.10. The van der Waals surface area contributed by atoms with Crippen molar-refractivity contribution in [1.29, 1.82) is 0 Å². The Morgan fingerprint density at radius 2 is 2.00 bits per heavy atom. The van der Waals surface area contributed by atoms with E-state index in [1.54, 1.807) is 0 Å². The fraction of sp³-hybridized carbons (Fsp3) is 0.294. The van der Waals surface area contributed by atoms with Gasteiger partial charge in [0.05, 0.1) is 0 Å². The van der Waals surface area contributed by atoms with E-state index < -0.39 is 0 Å². The van der Waals surface area contributed by atoms with Gasteiger partial charge < -0.3 is 10.1 Å². The SMILES string of the molecule is CNC(C)c1ccc(Br)cc1OCc1ccc(C)cc1Cl. The summed E-state index contributed by atoms with van der Waals surface area (Å²) < 4.78 is 6.99. The van der Waals surface area contributed by atoms with E-state index >= 15 is 0 Å². The summed E-state index contributed by atoms with van der Waals surface area (Å²) in [6.07, 6.45) is 0. The van der Waals surface area contributed by atoms with E-state index in [1.165, 1.54) is 0 Å². The van der Waals surface area contributed by atoms with Crippen LogP contribution in [-0.2, 0) is 6.61 Å². The van der Waals surface area contributed by atoms with Gasteiger partial charge in [-0.25, -0.2) is 0 Å². The van der Waals surface area contributed by atoms with E-state index in [0.717, 1.165) is 31.9 Å². The van der Waals surface area contributed by atoms with Crippen LogP contribution in [0.25, 0.3) is 0 Å². The summed E-state index contributed by atoms with van der Waals surface area (Å²) >= 11 is 9.75. The number of aryl methyl sites for hydroxylation is 1. The maximum Gasteiger partial charge on any atom is 0.125 e. The van der Waals surface area contributed by atoms with Crippen LogP contribution in [0.3, 0.4) is 0 Å². The van der Waals surface area contributed by atoms with E-state index in [-0.39, 0.29) is 6.04 Å². The first kappa shape index (κ1) is 16.3. The number of nitrogens with one attached hydrogen (secondary N) is 1. The fourth-order valence-corrected chi connectivity index (χ4v) is 2.70. The molecule has 0 aliphatic carbocycles. The fourth-order valence-electron chi connectivity index (χ4n) is 2.07. The molecule has 2 rings (SSSR count). The summed E-state index contributed by atoms with van der Waals surface area (Å²) in [4.78, 5) is 0. The highest BCUT2D eigenvalue weighted by Gasteiger charge is 2.11. The molecule has 112 valence electrons. The number of rotatable bonds is 5. The molecule has 1 atom stereocenters. The maximum absolute atomic E-state index is 6.26. The van der Waals surface area contributed by atoms with Crippen molar-refractivity contribution >= 4 is 27.5 Å². The van der Waals surface area contributed by atoms with Crippen molar-refractivity contribution in [2.24, 2.45) is 0 Å². The van der Waals surface area contributed by atoms with Crippen molar-refractivity contribution < 1.29 is 4.74 Å². The predicted octanol–water partition coefficient (Wildman–Crippen LogP) is 5.27. The van der Waals surface area contributed by atoms with Gasteiger partial charge in [0.2, 0.25) is 0 Å². The molecular formula is C17H19BrClNO. The minimum Gasteiger partial charge on any atom is -0.488 e. The lowest BCUT2D eigenvalue weighted by atomic mass is 10.1. The zero-order chi connectivity index (χ0) is 15.4. The quantitative estimate of drug-likeness (QED) is 0.776. The van der Waals surface area contributed by atoms with E-state index in [2.05, 4.69) is 34.2 Å². The average Bonchev–Trinajstić information content (AvgIpc) is 2.45. The first-order valence-corrected chi connectivity index (χ1v) is 8.03. The Morgan fingerprint density at radius 1 is 1.24 bits per heavy atom. The average molecular weight is 369 g/mol. The highest BCUT2D eigenvalue weighted by atomic mass is 79.9. The minimum atomic E-state index is 0.224. The molecular weight excluding hydrogens is 350 g/mol. The summed E-state index contributed by atoms with van der Waals surface area (Å²) in [6, 6.07) is 12.3. The third-order valence-corrected chi connectivity index (χ3v) is 4.31. The Morgan fingerprint density at radius 3 is 2.67 bits per heavy atom. The van der Waals surface area contributed by atoms with Gasteiger partial charge in [0.1, 0.15) is 12.4 Å². The first-order chi connectivity index (χ1) is 10.0. The first-order valence-electron chi connectivity index (χ1n) is 6.86. The molecule has 0 aliphatic rings. The number of benzene rings is 2. The van der Waals surface area contributed by atoms with Crippen molar-refractivity contribution in [2.75, 3.05) is 7.05 Å². The third-order valence-electron chi connectivity index (χ3n) is 3.47. The molecule has 0 aliphatic heterocycles. The Kier molecular flexibility index (Phi) is 5.68. The van der Waals surface area contributed by atoms with Crippen LogP contribution in [0, 0.1) is 6.92 Å². The topological polar surface area (TPSA) is 21.3 Å². The molecule has 0 aromatic heterocycles. The molecule has 0 fully saturated rings. The lowest BCUT2D eigenvalue weighted by Gasteiger charge is -2.17. The van der Waals surface area contributed by atoms with Gasteiger partial charge in [-0.3, -0.25) is 0 Å². The van der Waals surface area contributed by atoms with Crippen molar-refractivity contribution in [3.8, 4) is 5.75 Å². The lowest BCUT2D eigenvalue weighted by Crippen LogP contribution is -2.13. The normalized spacial score (nSPS) is 12.2. The van der Waals surface area contributed by atoms with E-state index in [4.69, 9.17) is 16.3 Å². The van der Waals surface area contributed by atoms with E-state index in [0.29, 0.717) is 6.61 Å². The summed E-state index contributed by atoms with van der Waals surface area (Å²) in [6.45, 7) is 4.59. The van der Waals surface area contributed by atoms with Crippen LogP contribution in [-0.4, -0.2) is 7.05 Å². The molecule has 1 unspecified atom stereocenters. The molecule has 0 radical (unpaired) electrons. The smallest absolute Gasteiger partial charge is 0.125 e. The standard InChI is InChI=1S/C17H19BrClNO/c1-11-4-5-13(16(19)8-11)10-21-17-9-14(18)6-7-15(17)12(2)20-3/h4-9,12,20H,10H2,1-3H3. The molecule has 2 aromatic rings. The Hall–Kier alpha value is -1.03. The van der Waals surface area contributed by atoms with Crippen molar-refractivity contribution in [1.82, 2.24) is 5.32 Å². The summed E-state index contributed by atoms with van der Waals surface area (Å²) in [5.41, 5.74) is 3.27. The van der Waals surface area contributed by atoms with Crippen LogP contribution in [0.5, 0.6) is 5.75 Å². The maximum atomic E-state index is 6.26. The molecule has 0 saturated carbocycles. The third kappa shape index (κ3) is 4.22. The molecule has 0 amide bonds. The second-order valence-electron chi connectivity index (χ2n) is 5.08. The van der Waals surface area contributed by atoms with Crippen molar-refractivity contribution in [2.45, 2.75) is 26.5 Å². The molecule has 0 heterocycles. The van der Waals surface area contributed by atoms with Crippen LogP contribution < -0.4 is 10.1 Å². The Balaban J connectivity index is 2.21. The zero-order valence-corrected chi connectivity index (χ0v) is 14.8. The molecule has 1 N–H and O–H groups in total. The lowest BCUT2D eigenvalue weighted by molar-refractivity contribution is 0.300. The summed E-state index contributed by atoms with van der Waals surface area (Å²) in [5.74, 6) is 0.864. The van der Waals surface area contributed by atoms with Crippen LogP contribution in [0.1, 0.15) is 29.7 Å². The Bertz CT molecular complexity index is 630. The molecule has 2 nitrogen and oxygen atoms in total. The summed E-state index contributed by atoms with van der Waals surface area (Å²) in [7, 11) is 1.94. The van der Waals surface area contributed by atoms with Gasteiger partial charge in [-0.05, 0) is 44.7 Å². The van der Waals surface area contributed by atoms with Gasteiger partial charge in [0, 0.05) is 26.7 Å². The monoisotopic (exact) mass is 367 g/mol. The molecule has 0 saturated heterocycles. The molecule has 4 heteroatoms. The minimum absolute atomic E-state index is 0.224. The van der Waals surface area contributed by atoms with Crippen LogP contribution >= 0.6 is 27.5 Å². The van der Waals surface area contributed by atoms with E-state index in [1.807, 2.05) is 44.3 Å². The molecule has 2 aromatic carbocycles. The number of halogens is 2. The second-order valence-corrected chi connectivity index (χ2v) is 6.40. The Labute approximate surface area is 139 Å². The second kappa shape index (κ2) is 7.30. The number of ether oxygens (including phenoxy) is 1. The van der Waals surface area contributed by atoms with Crippen LogP contribution in [0.15, 0.2) is 40.9 Å². The van der Waals surface area contributed by atoms with Gasteiger partial charge in [-0.15, -0.1) is 0 Å². The molecule has 21 heavy (non-hydrogen) atoms. The number of hydrogen-bond acceptors (Lipinski definition) is 2. The van der Waals surface area contributed by atoms with Gasteiger partial charge >= 0.3 is 0 Å².